The highest BCUT2D eigenvalue weighted by molar-refractivity contribution is 7.92. The van der Waals surface area contributed by atoms with Crippen LogP contribution in [0.3, 0.4) is 0 Å². The molecule has 112 valence electrons. The third-order valence-corrected chi connectivity index (χ3v) is 4.84. The zero-order chi connectivity index (χ0) is 15.6. The van der Waals surface area contributed by atoms with Gasteiger partial charge in [-0.3, -0.25) is 4.31 Å². The lowest BCUT2D eigenvalue weighted by atomic mass is 10.3. The molecule has 4 nitrogen and oxygen atoms in total. The van der Waals surface area contributed by atoms with E-state index in [0.29, 0.717) is 0 Å². The molecular formula is C14H14F2N2O2S. The topological polar surface area (TPSA) is 63.4 Å². The highest BCUT2D eigenvalue weighted by Crippen LogP contribution is 2.26. The molecule has 0 spiro atoms. The van der Waals surface area contributed by atoms with Gasteiger partial charge in [-0.25, -0.2) is 17.2 Å². The van der Waals surface area contributed by atoms with Crippen LogP contribution < -0.4 is 10.0 Å². The standard InChI is InChI=1S/C14H14F2N2O2S/c1-2-18(12-5-3-4-10(15)8-12)21(19,20)14-7-6-11(17)9-13(14)16/h3-9H,2,17H2,1H3. The van der Waals surface area contributed by atoms with E-state index in [2.05, 4.69) is 0 Å². The van der Waals surface area contributed by atoms with Crippen LogP contribution >= 0.6 is 0 Å². The van der Waals surface area contributed by atoms with Crippen LogP contribution in [-0.2, 0) is 10.0 Å². The number of sulfonamides is 1. The Morgan fingerprint density at radius 1 is 1.14 bits per heavy atom. The third-order valence-electron chi connectivity index (χ3n) is 2.91. The van der Waals surface area contributed by atoms with Crippen molar-refractivity contribution in [3.63, 3.8) is 0 Å². The second-order valence-corrected chi connectivity index (χ2v) is 6.17. The minimum absolute atomic E-state index is 0.0373. The minimum Gasteiger partial charge on any atom is -0.399 e. The first-order valence-electron chi connectivity index (χ1n) is 6.19. The summed E-state index contributed by atoms with van der Waals surface area (Å²) < 4.78 is 53.1. The van der Waals surface area contributed by atoms with Gasteiger partial charge in [0, 0.05) is 12.2 Å². The molecule has 0 saturated carbocycles. The number of anilines is 2. The largest absolute Gasteiger partial charge is 0.399 e. The normalized spacial score (nSPS) is 11.4. The maximum absolute atomic E-state index is 13.9. The molecule has 21 heavy (non-hydrogen) atoms. The predicted molar refractivity (Wildman–Crippen MR) is 77.4 cm³/mol. The fourth-order valence-corrected chi connectivity index (χ4v) is 3.48. The first kappa shape index (κ1) is 15.2. The van der Waals surface area contributed by atoms with Crippen molar-refractivity contribution in [1.82, 2.24) is 0 Å². The second-order valence-electron chi connectivity index (χ2n) is 4.34. The summed E-state index contributed by atoms with van der Waals surface area (Å²) in [6, 6.07) is 8.45. The summed E-state index contributed by atoms with van der Waals surface area (Å²) in [7, 11) is -4.13. The Morgan fingerprint density at radius 2 is 1.86 bits per heavy atom. The molecule has 0 amide bonds. The van der Waals surface area contributed by atoms with E-state index in [1.54, 1.807) is 6.92 Å². The van der Waals surface area contributed by atoms with E-state index in [1.165, 1.54) is 24.3 Å². The molecule has 0 aliphatic heterocycles. The molecule has 0 bridgehead atoms. The zero-order valence-corrected chi connectivity index (χ0v) is 12.1. The van der Waals surface area contributed by atoms with Crippen LogP contribution in [0.2, 0.25) is 0 Å². The van der Waals surface area contributed by atoms with Gasteiger partial charge in [0.25, 0.3) is 10.0 Å². The maximum Gasteiger partial charge on any atom is 0.267 e. The smallest absolute Gasteiger partial charge is 0.267 e. The highest BCUT2D eigenvalue weighted by atomic mass is 32.2. The molecule has 0 heterocycles. The minimum atomic E-state index is -4.13. The lowest BCUT2D eigenvalue weighted by Crippen LogP contribution is -2.31. The predicted octanol–water partition coefficient (Wildman–Crippen LogP) is 2.76. The van der Waals surface area contributed by atoms with E-state index in [-0.39, 0.29) is 17.9 Å². The summed E-state index contributed by atoms with van der Waals surface area (Å²) in [5.74, 6) is -1.51. The average molecular weight is 312 g/mol. The van der Waals surface area contributed by atoms with Gasteiger partial charge in [0.1, 0.15) is 16.5 Å². The summed E-state index contributed by atoms with van der Waals surface area (Å²) in [5, 5.41) is 0. The highest BCUT2D eigenvalue weighted by Gasteiger charge is 2.27. The Kier molecular flexibility index (Phi) is 4.13. The van der Waals surface area contributed by atoms with Crippen molar-refractivity contribution in [1.29, 1.82) is 0 Å². The molecule has 0 fully saturated rings. The molecule has 0 aliphatic rings. The van der Waals surface area contributed by atoms with Gasteiger partial charge in [-0.1, -0.05) is 6.07 Å². The lowest BCUT2D eigenvalue weighted by molar-refractivity contribution is 0.564. The van der Waals surface area contributed by atoms with Crippen LogP contribution in [0.15, 0.2) is 47.4 Å². The Morgan fingerprint density at radius 3 is 2.43 bits per heavy atom. The number of hydrogen-bond donors (Lipinski definition) is 1. The Hall–Kier alpha value is -2.15. The Bertz CT molecular complexity index is 763. The van der Waals surface area contributed by atoms with Crippen molar-refractivity contribution in [3.05, 3.63) is 54.1 Å². The van der Waals surface area contributed by atoms with Gasteiger partial charge < -0.3 is 5.73 Å². The van der Waals surface area contributed by atoms with Gasteiger partial charge in [-0.15, -0.1) is 0 Å². The molecule has 2 N–H and O–H groups in total. The maximum atomic E-state index is 13.9. The molecule has 0 atom stereocenters. The van der Waals surface area contributed by atoms with Crippen molar-refractivity contribution < 1.29 is 17.2 Å². The van der Waals surface area contributed by atoms with Crippen molar-refractivity contribution in [2.24, 2.45) is 0 Å². The number of halogens is 2. The number of nitrogens with two attached hydrogens (primary N) is 1. The summed E-state index contributed by atoms with van der Waals surface area (Å²) in [6.45, 7) is 1.62. The van der Waals surface area contributed by atoms with E-state index in [0.717, 1.165) is 22.5 Å². The summed E-state index contributed by atoms with van der Waals surface area (Å²) in [4.78, 5) is -0.497. The first-order chi connectivity index (χ1) is 9.86. The molecule has 0 aromatic heterocycles. The molecule has 0 saturated heterocycles. The third kappa shape index (κ3) is 2.97. The zero-order valence-electron chi connectivity index (χ0n) is 11.3. The summed E-state index contributed by atoms with van der Waals surface area (Å²) in [5.41, 5.74) is 5.67. The number of nitrogen functional groups attached to an aromatic ring is 1. The SMILES string of the molecule is CCN(c1cccc(F)c1)S(=O)(=O)c1ccc(N)cc1F. The van der Waals surface area contributed by atoms with Gasteiger partial charge in [-0.05, 0) is 43.3 Å². The van der Waals surface area contributed by atoms with Gasteiger partial charge in [0.2, 0.25) is 0 Å². The van der Waals surface area contributed by atoms with Crippen molar-refractivity contribution in [3.8, 4) is 0 Å². The quantitative estimate of drug-likeness (QED) is 0.883. The monoisotopic (exact) mass is 312 g/mol. The number of benzene rings is 2. The second kappa shape index (κ2) is 5.69. The molecule has 0 radical (unpaired) electrons. The Labute approximate surface area is 121 Å². The molecule has 2 rings (SSSR count). The fourth-order valence-electron chi connectivity index (χ4n) is 1.97. The van der Waals surface area contributed by atoms with E-state index < -0.39 is 26.6 Å². The van der Waals surface area contributed by atoms with Crippen LogP contribution in [0.4, 0.5) is 20.2 Å². The average Bonchev–Trinajstić information content (AvgIpc) is 2.38. The van der Waals surface area contributed by atoms with E-state index >= 15 is 0 Å². The molecule has 7 heteroatoms. The number of nitrogens with zero attached hydrogens (tertiary/aromatic N) is 1. The van der Waals surface area contributed by atoms with Crippen LogP contribution in [0, 0.1) is 11.6 Å². The summed E-state index contributed by atoms with van der Waals surface area (Å²) >= 11 is 0. The Balaban J connectivity index is 2.54. The van der Waals surface area contributed by atoms with Crippen LogP contribution in [-0.4, -0.2) is 15.0 Å². The molecule has 0 aliphatic carbocycles. The lowest BCUT2D eigenvalue weighted by Gasteiger charge is -2.23. The number of hydrogen-bond acceptors (Lipinski definition) is 3. The van der Waals surface area contributed by atoms with E-state index in [9.17, 15) is 17.2 Å². The summed E-state index contributed by atoms with van der Waals surface area (Å²) in [6.07, 6.45) is 0. The van der Waals surface area contributed by atoms with Crippen molar-refractivity contribution in [2.75, 3.05) is 16.6 Å². The van der Waals surface area contributed by atoms with Crippen LogP contribution in [0.25, 0.3) is 0 Å². The molecular weight excluding hydrogens is 298 g/mol. The van der Waals surface area contributed by atoms with Gasteiger partial charge in [0.05, 0.1) is 5.69 Å². The van der Waals surface area contributed by atoms with Crippen molar-refractivity contribution >= 4 is 21.4 Å². The van der Waals surface area contributed by atoms with Gasteiger partial charge in [-0.2, -0.15) is 0 Å². The van der Waals surface area contributed by atoms with Gasteiger partial charge >= 0.3 is 0 Å². The fraction of sp³-hybridized carbons (Fsp3) is 0.143. The molecule has 2 aromatic carbocycles. The number of rotatable bonds is 4. The first-order valence-corrected chi connectivity index (χ1v) is 7.63. The van der Waals surface area contributed by atoms with Crippen molar-refractivity contribution in [2.45, 2.75) is 11.8 Å². The molecule has 2 aromatic rings. The van der Waals surface area contributed by atoms with Crippen LogP contribution in [0.1, 0.15) is 6.92 Å². The molecule has 0 unspecified atom stereocenters. The van der Waals surface area contributed by atoms with Gasteiger partial charge in [0.15, 0.2) is 0 Å². The van der Waals surface area contributed by atoms with Crippen LogP contribution in [0.5, 0.6) is 0 Å². The van der Waals surface area contributed by atoms with E-state index in [4.69, 9.17) is 5.73 Å². The van der Waals surface area contributed by atoms with E-state index in [1.807, 2.05) is 0 Å².